The second-order valence-electron chi connectivity index (χ2n) is 7.24. The molecule has 2 amide bonds. The van der Waals surface area contributed by atoms with Crippen molar-refractivity contribution in [1.29, 1.82) is 5.26 Å². The van der Waals surface area contributed by atoms with Gasteiger partial charge in [0.05, 0.1) is 30.6 Å². The van der Waals surface area contributed by atoms with Crippen LogP contribution in [0.3, 0.4) is 0 Å². The lowest BCUT2D eigenvalue weighted by Crippen LogP contribution is -2.32. The molecule has 0 aromatic heterocycles. The Morgan fingerprint density at radius 3 is 2.56 bits per heavy atom. The average Bonchev–Trinajstić information content (AvgIpc) is 3.11. The fourth-order valence-electron chi connectivity index (χ4n) is 3.42. The van der Waals surface area contributed by atoms with E-state index in [4.69, 9.17) is 19.5 Å². The molecule has 36 heavy (non-hydrogen) atoms. The van der Waals surface area contributed by atoms with Gasteiger partial charge in [0.15, 0.2) is 11.5 Å². The zero-order valence-electron chi connectivity index (χ0n) is 19.2. The van der Waals surface area contributed by atoms with Crippen LogP contribution in [0.1, 0.15) is 39.6 Å². The lowest BCUT2D eigenvalue weighted by Gasteiger charge is -2.14. The van der Waals surface area contributed by atoms with Crippen molar-refractivity contribution >= 4 is 35.5 Å². The van der Waals surface area contributed by atoms with E-state index in [0.29, 0.717) is 5.56 Å². The smallest absolute Gasteiger partial charge is 0.348 e. The van der Waals surface area contributed by atoms with Crippen molar-refractivity contribution in [3.05, 3.63) is 68.8 Å². The summed E-state index contributed by atoms with van der Waals surface area (Å²) in [6.45, 7) is 1.36. The van der Waals surface area contributed by atoms with Gasteiger partial charge in [0.25, 0.3) is 17.5 Å². The van der Waals surface area contributed by atoms with Gasteiger partial charge in [-0.05, 0) is 36.8 Å². The van der Waals surface area contributed by atoms with E-state index in [1.54, 1.807) is 13.0 Å². The first kappa shape index (κ1) is 25.6. The maximum atomic E-state index is 12.6. The number of fused-ring (bicyclic) bond motifs is 1. The number of imide groups is 1. The standard InChI is InChI=1S/C24H19N3O9/c1-3-35-24(31)15(13-25)11-14-7-8-18(19(12-14)34-2)36-20(28)9-10-26-22(29)16-5-4-6-17(27(32)33)21(16)23(26)30/h4-8,11-12H,3,9-10H2,1-2H3/b15-11+. The molecule has 184 valence electrons. The largest absolute Gasteiger partial charge is 0.493 e. The molecule has 1 aliphatic heterocycles. The molecule has 0 saturated heterocycles. The molecule has 0 aliphatic carbocycles. The molecule has 0 atom stereocenters. The highest BCUT2D eigenvalue weighted by Gasteiger charge is 2.40. The molecule has 0 spiro atoms. The predicted octanol–water partition coefficient (Wildman–Crippen LogP) is 2.67. The Balaban J connectivity index is 1.70. The van der Waals surface area contributed by atoms with Gasteiger partial charge in [-0.2, -0.15) is 5.26 Å². The number of ether oxygens (including phenoxy) is 3. The fourth-order valence-corrected chi connectivity index (χ4v) is 3.42. The summed E-state index contributed by atoms with van der Waals surface area (Å²) in [5.41, 5.74) is -0.732. The quantitative estimate of drug-likeness (QED) is 0.0963. The van der Waals surface area contributed by atoms with Crippen molar-refractivity contribution in [2.45, 2.75) is 13.3 Å². The lowest BCUT2D eigenvalue weighted by atomic mass is 10.1. The van der Waals surface area contributed by atoms with Crippen molar-refractivity contribution in [2.75, 3.05) is 20.3 Å². The molecule has 12 heteroatoms. The summed E-state index contributed by atoms with van der Waals surface area (Å²) in [6.07, 6.45) is 0.902. The number of nitro groups is 1. The second kappa shape index (κ2) is 10.9. The minimum atomic E-state index is -0.862. The van der Waals surface area contributed by atoms with Crippen LogP contribution in [-0.2, 0) is 14.3 Å². The van der Waals surface area contributed by atoms with E-state index < -0.39 is 34.4 Å². The predicted molar refractivity (Wildman–Crippen MR) is 122 cm³/mol. The molecule has 12 nitrogen and oxygen atoms in total. The highest BCUT2D eigenvalue weighted by atomic mass is 16.6. The summed E-state index contributed by atoms with van der Waals surface area (Å²) in [4.78, 5) is 60.6. The lowest BCUT2D eigenvalue weighted by molar-refractivity contribution is -0.385. The summed E-state index contributed by atoms with van der Waals surface area (Å²) in [5, 5.41) is 20.4. The maximum Gasteiger partial charge on any atom is 0.348 e. The minimum absolute atomic E-state index is 0.0206. The number of carbonyl (C=O) groups excluding carboxylic acids is 4. The number of rotatable bonds is 9. The Hall–Kier alpha value is -5.05. The fraction of sp³-hybridized carbons (Fsp3) is 0.208. The summed E-state index contributed by atoms with van der Waals surface area (Å²) in [6, 6.07) is 9.78. The summed E-state index contributed by atoms with van der Waals surface area (Å²) in [5.74, 6) is -3.05. The van der Waals surface area contributed by atoms with Gasteiger partial charge < -0.3 is 14.2 Å². The molecular formula is C24H19N3O9. The van der Waals surface area contributed by atoms with Gasteiger partial charge in [0.1, 0.15) is 17.2 Å². The number of esters is 2. The molecule has 2 aromatic carbocycles. The topological polar surface area (TPSA) is 166 Å². The first-order valence-corrected chi connectivity index (χ1v) is 10.5. The van der Waals surface area contributed by atoms with E-state index in [-0.39, 0.29) is 47.8 Å². The number of benzene rings is 2. The molecule has 2 aromatic rings. The highest BCUT2D eigenvalue weighted by Crippen LogP contribution is 2.32. The number of amides is 2. The van der Waals surface area contributed by atoms with E-state index in [0.717, 1.165) is 11.0 Å². The monoisotopic (exact) mass is 493 g/mol. The van der Waals surface area contributed by atoms with Gasteiger partial charge in [-0.1, -0.05) is 12.1 Å². The Morgan fingerprint density at radius 1 is 1.17 bits per heavy atom. The molecule has 1 heterocycles. The first-order chi connectivity index (χ1) is 17.2. The van der Waals surface area contributed by atoms with Crippen molar-refractivity contribution in [3.63, 3.8) is 0 Å². The summed E-state index contributed by atoms with van der Waals surface area (Å²) >= 11 is 0. The van der Waals surface area contributed by atoms with Crippen LogP contribution in [0.25, 0.3) is 6.08 Å². The van der Waals surface area contributed by atoms with Gasteiger partial charge in [-0.25, -0.2) is 4.79 Å². The van der Waals surface area contributed by atoms with Gasteiger partial charge in [-0.15, -0.1) is 0 Å². The van der Waals surface area contributed by atoms with Gasteiger partial charge in [0.2, 0.25) is 0 Å². The zero-order chi connectivity index (χ0) is 26.4. The van der Waals surface area contributed by atoms with Crippen LogP contribution in [0.2, 0.25) is 0 Å². The van der Waals surface area contributed by atoms with Crippen molar-refractivity contribution in [1.82, 2.24) is 4.90 Å². The Kier molecular flexibility index (Phi) is 7.75. The number of hydrogen-bond acceptors (Lipinski definition) is 10. The van der Waals surface area contributed by atoms with Crippen LogP contribution in [0.4, 0.5) is 5.69 Å². The van der Waals surface area contributed by atoms with E-state index in [1.165, 1.54) is 43.5 Å². The number of methoxy groups -OCH3 is 1. The van der Waals surface area contributed by atoms with E-state index in [2.05, 4.69) is 0 Å². The van der Waals surface area contributed by atoms with Crippen LogP contribution < -0.4 is 9.47 Å². The molecule has 0 bridgehead atoms. The third-order valence-corrected chi connectivity index (χ3v) is 5.05. The maximum absolute atomic E-state index is 12.6. The summed E-state index contributed by atoms with van der Waals surface area (Å²) < 4.78 is 15.3. The van der Waals surface area contributed by atoms with Crippen LogP contribution in [-0.4, -0.2) is 53.8 Å². The van der Waals surface area contributed by atoms with E-state index in [9.17, 15) is 29.3 Å². The number of nitrogens with zero attached hydrogens (tertiary/aromatic N) is 3. The molecule has 3 rings (SSSR count). The Labute approximate surface area is 204 Å². The molecule has 0 radical (unpaired) electrons. The second-order valence-corrected chi connectivity index (χ2v) is 7.24. The van der Waals surface area contributed by atoms with Crippen molar-refractivity contribution < 1.29 is 38.3 Å². The average molecular weight is 493 g/mol. The molecule has 1 aliphatic rings. The van der Waals surface area contributed by atoms with Crippen LogP contribution in [0, 0.1) is 21.4 Å². The molecule has 0 N–H and O–H groups in total. The number of hydrogen-bond donors (Lipinski definition) is 0. The van der Waals surface area contributed by atoms with E-state index in [1.807, 2.05) is 0 Å². The van der Waals surface area contributed by atoms with Gasteiger partial charge in [-0.3, -0.25) is 29.4 Å². The first-order valence-electron chi connectivity index (χ1n) is 10.5. The molecule has 0 saturated carbocycles. The number of nitro benzene ring substituents is 1. The molecule has 0 unspecified atom stereocenters. The Bertz CT molecular complexity index is 1340. The number of carbonyl (C=O) groups is 4. The zero-order valence-corrected chi connectivity index (χ0v) is 19.2. The third kappa shape index (κ3) is 5.20. The highest BCUT2D eigenvalue weighted by molar-refractivity contribution is 6.23. The van der Waals surface area contributed by atoms with Crippen LogP contribution >= 0.6 is 0 Å². The minimum Gasteiger partial charge on any atom is -0.493 e. The number of nitriles is 1. The van der Waals surface area contributed by atoms with Crippen molar-refractivity contribution in [2.24, 2.45) is 0 Å². The molecule has 0 fully saturated rings. The Morgan fingerprint density at radius 2 is 1.92 bits per heavy atom. The van der Waals surface area contributed by atoms with Crippen molar-refractivity contribution in [3.8, 4) is 17.6 Å². The SMILES string of the molecule is CCOC(=O)/C(C#N)=C/c1ccc(OC(=O)CCN2C(=O)c3cccc([N+](=O)[O-])c3C2=O)c(OC)c1. The van der Waals surface area contributed by atoms with Gasteiger partial charge in [0, 0.05) is 12.6 Å². The third-order valence-electron chi connectivity index (χ3n) is 5.05. The normalized spacial score (nSPS) is 12.6. The molecular weight excluding hydrogens is 474 g/mol. The van der Waals surface area contributed by atoms with Crippen LogP contribution in [0.15, 0.2) is 42.0 Å². The summed E-state index contributed by atoms with van der Waals surface area (Å²) in [7, 11) is 1.32. The van der Waals surface area contributed by atoms with Gasteiger partial charge >= 0.3 is 11.9 Å². The van der Waals surface area contributed by atoms with Crippen LogP contribution in [0.5, 0.6) is 11.5 Å². The van der Waals surface area contributed by atoms with E-state index >= 15 is 0 Å².